The van der Waals surface area contributed by atoms with E-state index in [1.165, 1.54) is 0 Å². The van der Waals surface area contributed by atoms with Gasteiger partial charge in [0, 0.05) is 12.1 Å². The highest BCUT2D eigenvalue weighted by molar-refractivity contribution is 5.69. The molecule has 1 heterocycles. The fourth-order valence-corrected chi connectivity index (χ4v) is 1.49. The number of carboxylic acid groups (broad SMARTS) is 1. The van der Waals surface area contributed by atoms with Gasteiger partial charge in [-0.2, -0.15) is 0 Å². The minimum Gasteiger partial charge on any atom is -0.480 e. The standard InChI is InChI=1S/C11H18N2O3/c1-4-9(3)13(7-11(14)15)6-10-5-8(2)12-16-10/h5,9H,4,6-7H2,1-3H3,(H,14,15). The zero-order chi connectivity index (χ0) is 12.1. The van der Waals surface area contributed by atoms with Gasteiger partial charge < -0.3 is 9.63 Å². The molecular formula is C11H18N2O3. The van der Waals surface area contributed by atoms with Crippen LogP contribution in [0.15, 0.2) is 10.6 Å². The Bertz CT molecular complexity index is 349. The highest BCUT2D eigenvalue weighted by Gasteiger charge is 2.17. The fourth-order valence-electron chi connectivity index (χ4n) is 1.49. The van der Waals surface area contributed by atoms with Gasteiger partial charge in [0.1, 0.15) is 0 Å². The summed E-state index contributed by atoms with van der Waals surface area (Å²) in [6.07, 6.45) is 0.903. The monoisotopic (exact) mass is 226 g/mol. The molecule has 0 saturated carbocycles. The number of aromatic nitrogens is 1. The van der Waals surface area contributed by atoms with Gasteiger partial charge in [-0.15, -0.1) is 0 Å². The minimum atomic E-state index is -0.823. The predicted molar refractivity (Wildman–Crippen MR) is 59.0 cm³/mol. The first-order valence-electron chi connectivity index (χ1n) is 5.41. The Balaban J connectivity index is 2.66. The molecule has 1 unspecified atom stereocenters. The average molecular weight is 226 g/mol. The number of aliphatic carboxylic acids is 1. The summed E-state index contributed by atoms with van der Waals surface area (Å²) in [4.78, 5) is 12.6. The Morgan fingerprint density at radius 2 is 2.38 bits per heavy atom. The molecule has 90 valence electrons. The van der Waals surface area contributed by atoms with E-state index in [1.54, 1.807) is 0 Å². The summed E-state index contributed by atoms with van der Waals surface area (Å²) in [5.41, 5.74) is 0.814. The maximum atomic E-state index is 10.7. The molecule has 0 saturated heterocycles. The Morgan fingerprint density at radius 1 is 1.69 bits per heavy atom. The van der Waals surface area contributed by atoms with E-state index in [-0.39, 0.29) is 12.6 Å². The molecule has 0 aliphatic carbocycles. The summed E-state index contributed by atoms with van der Waals surface area (Å²) in [5.74, 6) is -0.115. The second-order valence-corrected chi connectivity index (χ2v) is 3.99. The molecule has 0 amide bonds. The maximum absolute atomic E-state index is 10.7. The van der Waals surface area contributed by atoms with Crippen LogP contribution in [-0.4, -0.2) is 33.7 Å². The summed E-state index contributed by atoms with van der Waals surface area (Å²) in [7, 11) is 0. The number of rotatable bonds is 6. The van der Waals surface area contributed by atoms with Gasteiger partial charge >= 0.3 is 5.97 Å². The van der Waals surface area contributed by atoms with E-state index in [1.807, 2.05) is 31.7 Å². The average Bonchev–Trinajstić information content (AvgIpc) is 2.61. The van der Waals surface area contributed by atoms with Crippen molar-refractivity contribution < 1.29 is 14.4 Å². The van der Waals surface area contributed by atoms with E-state index < -0.39 is 5.97 Å². The van der Waals surface area contributed by atoms with Crippen LogP contribution < -0.4 is 0 Å². The van der Waals surface area contributed by atoms with E-state index in [4.69, 9.17) is 9.63 Å². The third-order valence-corrected chi connectivity index (χ3v) is 2.59. The van der Waals surface area contributed by atoms with Crippen LogP contribution in [0.3, 0.4) is 0 Å². The third kappa shape index (κ3) is 3.66. The van der Waals surface area contributed by atoms with E-state index in [2.05, 4.69) is 5.16 Å². The van der Waals surface area contributed by atoms with Crippen molar-refractivity contribution in [2.45, 2.75) is 39.8 Å². The molecule has 1 aromatic heterocycles. The van der Waals surface area contributed by atoms with Crippen molar-refractivity contribution in [1.29, 1.82) is 0 Å². The van der Waals surface area contributed by atoms with Crippen LogP contribution in [0.2, 0.25) is 0 Å². The molecule has 0 bridgehead atoms. The third-order valence-electron chi connectivity index (χ3n) is 2.59. The van der Waals surface area contributed by atoms with Crippen LogP contribution in [0, 0.1) is 6.92 Å². The zero-order valence-electron chi connectivity index (χ0n) is 9.93. The Kier molecular flexibility index (Phi) is 4.49. The summed E-state index contributed by atoms with van der Waals surface area (Å²) >= 11 is 0. The smallest absolute Gasteiger partial charge is 0.317 e. The van der Waals surface area contributed by atoms with Crippen LogP contribution in [0.25, 0.3) is 0 Å². The molecule has 16 heavy (non-hydrogen) atoms. The molecule has 1 rings (SSSR count). The first kappa shape index (κ1) is 12.7. The van der Waals surface area contributed by atoms with Crippen LogP contribution in [0.4, 0.5) is 0 Å². The van der Waals surface area contributed by atoms with Gasteiger partial charge in [-0.25, -0.2) is 0 Å². The normalized spacial score (nSPS) is 13.0. The van der Waals surface area contributed by atoms with E-state index in [9.17, 15) is 4.79 Å². The summed E-state index contributed by atoms with van der Waals surface area (Å²) < 4.78 is 5.09. The Hall–Kier alpha value is -1.36. The van der Waals surface area contributed by atoms with Crippen molar-refractivity contribution in [1.82, 2.24) is 10.1 Å². The molecule has 0 aliphatic heterocycles. The predicted octanol–water partition coefficient (Wildman–Crippen LogP) is 1.67. The van der Waals surface area contributed by atoms with E-state index in [0.29, 0.717) is 12.3 Å². The molecule has 5 nitrogen and oxygen atoms in total. The molecule has 0 aromatic carbocycles. The van der Waals surface area contributed by atoms with E-state index >= 15 is 0 Å². The summed E-state index contributed by atoms with van der Waals surface area (Å²) in [6.45, 7) is 6.39. The minimum absolute atomic E-state index is 0.0226. The van der Waals surface area contributed by atoms with Crippen molar-refractivity contribution in [2.75, 3.05) is 6.54 Å². The van der Waals surface area contributed by atoms with Gasteiger partial charge in [0.25, 0.3) is 0 Å². The van der Waals surface area contributed by atoms with Crippen LogP contribution in [0.1, 0.15) is 31.7 Å². The van der Waals surface area contributed by atoms with Gasteiger partial charge in [-0.05, 0) is 20.3 Å². The number of carboxylic acids is 1. The SMILES string of the molecule is CCC(C)N(CC(=O)O)Cc1cc(C)no1. The molecule has 1 N–H and O–H groups in total. The molecule has 5 heteroatoms. The Labute approximate surface area is 95.0 Å². The number of aryl methyl sites for hydroxylation is 1. The van der Waals surface area contributed by atoms with Crippen molar-refractivity contribution in [3.8, 4) is 0 Å². The lowest BCUT2D eigenvalue weighted by Crippen LogP contribution is -2.36. The molecule has 0 fully saturated rings. The molecule has 1 atom stereocenters. The molecule has 1 aromatic rings. The number of carbonyl (C=O) groups is 1. The van der Waals surface area contributed by atoms with Gasteiger partial charge in [-0.1, -0.05) is 12.1 Å². The van der Waals surface area contributed by atoms with Crippen molar-refractivity contribution in [3.05, 3.63) is 17.5 Å². The number of hydrogen-bond acceptors (Lipinski definition) is 4. The van der Waals surface area contributed by atoms with Crippen molar-refractivity contribution >= 4 is 5.97 Å². The van der Waals surface area contributed by atoms with Gasteiger partial charge in [-0.3, -0.25) is 9.69 Å². The number of nitrogens with zero attached hydrogens (tertiary/aromatic N) is 2. The lowest BCUT2D eigenvalue weighted by Gasteiger charge is -2.25. The lowest BCUT2D eigenvalue weighted by molar-refractivity contribution is -0.139. The quantitative estimate of drug-likeness (QED) is 0.799. The van der Waals surface area contributed by atoms with Gasteiger partial charge in [0.15, 0.2) is 5.76 Å². The van der Waals surface area contributed by atoms with Crippen LogP contribution in [0.5, 0.6) is 0 Å². The highest BCUT2D eigenvalue weighted by atomic mass is 16.5. The molecule has 0 spiro atoms. The first-order chi connectivity index (χ1) is 7.52. The van der Waals surface area contributed by atoms with E-state index in [0.717, 1.165) is 12.1 Å². The summed E-state index contributed by atoms with van der Waals surface area (Å²) in [6, 6.07) is 2.04. The van der Waals surface area contributed by atoms with Crippen LogP contribution >= 0.6 is 0 Å². The first-order valence-corrected chi connectivity index (χ1v) is 5.41. The highest BCUT2D eigenvalue weighted by Crippen LogP contribution is 2.11. The molecule has 0 aliphatic rings. The second kappa shape index (κ2) is 5.65. The topological polar surface area (TPSA) is 66.6 Å². The molecular weight excluding hydrogens is 208 g/mol. The molecule has 0 radical (unpaired) electrons. The lowest BCUT2D eigenvalue weighted by atomic mass is 10.2. The van der Waals surface area contributed by atoms with Gasteiger partial charge in [0.05, 0.1) is 18.8 Å². The number of hydrogen-bond donors (Lipinski definition) is 1. The largest absolute Gasteiger partial charge is 0.480 e. The van der Waals surface area contributed by atoms with Crippen molar-refractivity contribution in [3.63, 3.8) is 0 Å². The summed E-state index contributed by atoms with van der Waals surface area (Å²) in [5, 5.41) is 12.6. The van der Waals surface area contributed by atoms with Gasteiger partial charge in [0.2, 0.25) is 0 Å². The zero-order valence-corrected chi connectivity index (χ0v) is 9.93. The maximum Gasteiger partial charge on any atom is 0.317 e. The van der Waals surface area contributed by atoms with Crippen molar-refractivity contribution in [2.24, 2.45) is 0 Å². The fraction of sp³-hybridized carbons (Fsp3) is 0.636. The Morgan fingerprint density at radius 3 is 2.81 bits per heavy atom. The van der Waals surface area contributed by atoms with Crippen LogP contribution in [-0.2, 0) is 11.3 Å². The second-order valence-electron chi connectivity index (χ2n) is 3.99.